The molecule has 0 aliphatic heterocycles. The van der Waals surface area contributed by atoms with Gasteiger partial charge in [-0.05, 0) is 80.3 Å². The lowest BCUT2D eigenvalue weighted by molar-refractivity contribution is -0.127. The molecule has 50 heavy (non-hydrogen) atoms. The van der Waals surface area contributed by atoms with Crippen molar-refractivity contribution in [2.24, 2.45) is 11.8 Å². The summed E-state index contributed by atoms with van der Waals surface area (Å²) >= 11 is 0. The Morgan fingerprint density at radius 2 is 1.00 bits per heavy atom. The average Bonchev–Trinajstić information content (AvgIpc) is 3.10. The quantitative estimate of drug-likeness (QED) is 0.0512. The fourth-order valence-corrected chi connectivity index (χ4v) is 6.04. The maximum absolute atomic E-state index is 12.9. The van der Waals surface area contributed by atoms with Crippen LogP contribution in [0.5, 0.6) is 11.5 Å². The number of hydrazine groups is 2. The standard InChI is InChI=1S/C40H62N4O6/c1-5-8-10-12-14-20-30-23-25-33(35(45)27-30)39(49)43-41-37(47)29(4)19-16-17-22-32(18-7-3)38(48)42-44-40(50)34-26-24-31(28-36(34)46)21-15-13-11-9-6-2/h23-29,32,45-46H,5-22H2,1-4H3,(H,41,47)(H,42,48)(H,43,49)(H,44,50). The van der Waals surface area contributed by atoms with Crippen molar-refractivity contribution in [3.8, 4) is 11.5 Å². The van der Waals surface area contributed by atoms with Crippen molar-refractivity contribution < 1.29 is 29.4 Å². The smallest absolute Gasteiger partial charge is 0.273 e. The first kappa shape index (κ1) is 42.1. The van der Waals surface area contributed by atoms with E-state index in [1.807, 2.05) is 19.1 Å². The van der Waals surface area contributed by atoms with Crippen molar-refractivity contribution in [1.82, 2.24) is 21.7 Å². The predicted octanol–water partition coefficient (Wildman–Crippen LogP) is 7.96. The lowest BCUT2D eigenvalue weighted by Gasteiger charge is -2.17. The maximum Gasteiger partial charge on any atom is 0.273 e. The second-order valence-corrected chi connectivity index (χ2v) is 13.6. The van der Waals surface area contributed by atoms with Gasteiger partial charge in [0.1, 0.15) is 11.5 Å². The maximum atomic E-state index is 12.9. The molecule has 0 radical (unpaired) electrons. The fraction of sp³-hybridized carbons (Fsp3) is 0.600. The van der Waals surface area contributed by atoms with Crippen molar-refractivity contribution in [2.75, 3.05) is 0 Å². The fourth-order valence-electron chi connectivity index (χ4n) is 6.04. The molecule has 0 saturated heterocycles. The molecule has 0 bridgehead atoms. The van der Waals surface area contributed by atoms with Crippen LogP contribution in [-0.2, 0) is 22.4 Å². The van der Waals surface area contributed by atoms with Crippen LogP contribution in [0.1, 0.15) is 162 Å². The highest BCUT2D eigenvalue weighted by Crippen LogP contribution is 2.22. The largest absolute Gasteiger partial charge is 0.507 e. The van der Waals surface area contributed by atoms with Gasteiger partial charge in [0.05, 0.1) is 11.1 Å². The van der Waals surface area contributed by atoms with Crippen LogP contribution in [0.4, 0.5) is 0 Å². The summed E-state index contributed by atoms with van der Waals surface area (Å²) in [6.45, 7) is 8.12. The second-order valence-electron chi connectivity index (χ2n) is 13.6. The number of carbonyl (C=O) groups is 4. The predicted molar refractivity (Wildman–Crippen MR) is 198 cm³/mol. The van der Waals surface area contributed by atoms with Crippen molar-refractivity contribution in [2.45, 2.75) is 143 Å². The van der Waals surface area contributed by atoms with Crippen LogP contribution in [0.25, 0.3) is 0 Å². The van der Waals surface area contributed by atoms with Crippen LogP contribution in [0, 0.1) is 11.8 Å². The molecule has 0 fully saturated rings. The van der Waals surface area contributed by atoms with E-state index in [1.54, 1.807) is 31.2 Å². The van der Waals surface area contributed by atoms with E-state index in [2.05, 4.69) is 35.6 Å². The van der Waals surface area contributed by atoms with Crippen molar-refractivity contribution >= 4 is 23.6 Å². The van der Waals surface area contributed by atoms with E-state index in [0.717, 1.165) is 56.1 Å². The van der Waals surface area contributed by atoms with Gasteiger partial charge in [0, 0.05) is 11.8 Å². The van der Waals surface area contributed by atoms with E-state index in [9.17, 15) is 29.4 Å². The molecule has 4 amide bonds. The van der Waals surface area contributed by atoms with Gasteiger partial charge in [-0.3, -0.25) is 40.9 Å². The molecule has 2 atom stereocenters. The third kappa shape index (κ3) is 15.6. The number of phenolic OH excluding ortho intramolecular Hbond substituents is 2. The van der Waals surface area contributed by atoms with Gasteiger partial charge in [0.15, 0.2) is 0 Å². The molecule has 0 aromatic heterocycles. The summed E-state index contributed by atoms with van der Waals surface area (Å²) in [6.07, 6.45) is 17.2. The van der Waals surface area contributed by atoms with Crippen LogP contribution >= 0.6 is 0 Å². The van der Waals surface area contributed by atoms with Crippen molar-refractivity contribution in [1.29, 1.82) is 0 Å². The first-order valence-electron chi connectivity index (χ1n) is 18.9. The summed E-state index contributed by atoms with van der Waals surface area (Å²) < 4.78 is 0. The van der Waals surface area contributed by atoms with E-state index in [-0.39, 0.29) is 46.3 Å². The van der Waals surface area contributed by atoms with Gasteiger partial charge in [-0.25, -0.2) is 0 Å². The highest BCUT2D eigenvalue weighted by molar-refractivity contribution is 5.98. The summed E-state index contributed by atoms with van der Waals surface area (Å²) in [5, 5.41) is 20.8. The highest BCUT2D eigenvalue weighted by atomic mass is 16.3. The second kappa shape index (κ2) is 24.1. The molecular weight excluding hydrogens is 632 g/mol. The number of aromatic hydroxyl groups is 2. The zero-order valence-electron chi connectivity index (χ0n) is 30.9. The normalized spacial score (nSPS) is 12.2. The summed E-state index contributed by atoms with van der Waals surface area (Å²) in [5.41, 5.74) is 12.0. The molecular formula is C40H62N4O6. The van der Waals surface area contributed by atoms with Gasteiger partial charge in [-0.2, -0.15) is 0 Å². The summed E-state index contributed by atoms with van der Waals surface area (Å²) in [4.78, 5) is 50.8. The van der Waals surface area contributed by atoms with Crippen LogP contribution in [0.15, 0.2) is 36.4 Å². The number of rotatable bonds is 23. The Balaban J connectivity index is 1.72. The van der Waals surface area contributed by atoms with Gasteiger partial charge in [0.2, 0.25) is 11.8 Å². The number of carbonyl (C=O) groups excluding carboxylic acids is 4. The molecule has 6 N–H and O–H groups in total. The van der Waals surface area contributed by atoms with Crippen LogP contribution in [0.3, 0.4) is 0 Å². The number of nitrogens with one attached hydrogen (secondary N) is 4. The molecule has 0 saturated carbocycles. The van der Waals surface area contributed by atoms with Crippen LogP contribution < -0.4 is 21.7 Å². The summed E-state index contributed by atoms with van der Waals surface area (Å²) in [6, 6.07) is 10.1. The molecule has 2 aromatic carbocycles. The molecule has 10 nitrogen and oxygen atoms in total. The number of amides is 4. The first-order chi connectivity index (χ1) is 24.1. The molecule has 2 aromatic rings. The zero-order valence-corrected chi connectivity index (χ0v) is 30.9. The van der Waals surface area contributed by atoms with Gasteiger partial charge >= 0.3 is 0 Å². The SMILES string of the molecule is CCCCCCCc1ccc(C(=O)NNC(=O)C(C)CCCCC(CCC)C(=O)NNC(=O)c2ccc(CCCCCCC)cc2O)c(O)c1. The minimum Gasteiger partial charge on any atom is -0.507 e. The summed E-state index contributed by atoms with van der Waals surface area (Å²) in [7, 11) is 0. The molecule has 0 heterocycles. The number of aryl methyl sites for hydroxylation is 2. The third-order valence-corrected chi connectivity index (χ3v) is 9.25. The molecule has 0 spiro atoms. The molecule has 10 heteroatoms. The van der Waals surface area contributed by atoms with Crippen molar-refractivity contribution in [3.05, 3.63) is 58.7 Å². The minimum atomic E-state index is -0.585. The van der Waals surface area contributed by atoms with Crippen LogP contribution in [-0.4, -0.2) is 33.8 Å². The lowest BCUT2D eigenvalue weighted by atomic mass is 9.94. The van der Waals surface area contributed by atoms with Crippen molar-refractivity contribution in [3.63, 3.8) is 0 Å². The topological polar surface area (TPSA) is 157 Å². The van der Waals surface area contributed by atoms with E-state index in [4.69, 9.17) is 0 Å². The Morgan fingerprint density at radius 3 is 1.46 bits per heavy atom. The number of phenols is 2. The van der Waals surface area contributed by atoms with E-state index >= 15 is 0 Å². The molecule has 278 valence electrons. The van der Waals surface area contributed by atoms with Gasteiger partial charge in [0.25, 0.3) is 11.8 Å². The van der Waals surface area contributed by atoms with E-state index < -0.39 is 11.8 Å². The van der Waals surface area contributed by atoms with E-state index in [1.165, 1.54) is 38.5 Å². The number of unbranched alkanes of at least 4 members (excludes halogenated alkanes) is 9. The molecule has 0 aliphatic rings. The summed E-state index contributed by atoms with van der Waals surface area (Å²) in [5.74, 6) is -2.70. The van der Waals surface area contributed by atoms with Crippen LogP contribution in [0.2, 0.25) is 0 Å². The number of hydrogen-bond donors (Lipinski definition) is 6. The third-order valence-electron chi connectivity index (χ3n) is 9.25. The van der Waals surface area contributed by atoms with Gasteiger partial charge < -0.3 is 10.2 Å². The lowest BCUT2D eigenvalue weighted by Crippen LogP contribution is -2.44. The molecule has 2 rings (SSSR count). The minimum absolute atomic E-state index is 0.0994. The first-order valence-corrected chi connectivity index (χ1v) is 18.9. The highest BCUT2D eigenvalue weighted by Gasteiger charge is 2.21. The number of hydrogen-bond acceptors (Lipinski definition) is 6. The van der Waals surface area contributed by atoms with E-state index in [0.29, 0.717) is 32.1 Å². The molecule has 0 aliphatic carbocycles. The number of benzene rings is 2. The molecule has 2 unspecified atom stereocenters. The Hall–Kier alpha value is -4.08. The Morgan fingerprint density at radius 1 is 0.540 bits per heavy atom. The van der Waals surface area contributed by atoms with Gasteiger partial charge in [-0.1, -0.05) is 110 Å². The van der Waals surface area contributed by atoms with Gasteiger partial charge in [-0.15, -0.1) is 0 Å². The Labute approximate surface area is 299 Å². The Kier molecular flexibility index (Phi) is 20.3. The Bertz CT molecular complexity index is 1350. The monoisotopic (exact) mass is 694 g/mol. The zero-order chi connectivity index (χ0) is 36.7. The average molecular weight is 695 g/mol.